The summed E-state index contributed by atoms with van der Waals surface area (Å²) in [7, 11) is 2.98. The first-order chi connectivity index (χ1) is 11.8. The molecule has 4 nitrogen and oxygen atoms in total. The number of alkyl halides is 3. The van der Waals surface area contributed by atoms with E-state index < -0.39 is 11.7 Å². The predicted molar refractivity (Wildman–Crippen MR) is 87.0 cm³/mol. The number of amides is 1. The molecular weight excluding hydrogens is 335 g/mol. The van der Waals surface area contributed by atoms with Crippen LogP contribution in [0.2, 0.25) is 0 Å². The first-order valence-corrected chi connectivity index (χ1v) is 7.51. The van der Waals surface area contributed by atoms with Crippen LogP contribution in [0.5, 0.6) is 11.5 Å². The largest absolute Gasteiger partial charge is 0.493 e. The number of hydrogen-bond acceptors (Lipinski definition) is 3. The Morgan fingerprint density at radius 3 is 2.20 bits per heavy atom. The van der Waals surface area contributed by atoms with Crippen LogP contribution < -0.4 is 14.8 Å². The number of hydrogen-bond donors (Lipinski definition) is 1. The van der Waals surface area contributed by atoms with Crippen molar-refractivity contribution in [2.75, 3.05) is 20.8 Å². The summed E-state index contributed by atoms with van der Waals surface area (Å²) >= 11 is 0. The molecule has 2 aromatic carbocycles. The zero-order valence-electron chi connectivity index (χ0n) is 13.8. The Labute approximate surface area is 143 Å². The molecule has 0 spiro atoms. The lowest BCUT2D eigenvalue weighted by Crippen LogP contribution is -2.25. The van der Waals surface area contributed by atoms with Crippen molar-refractivity contribution in [1.29, 1.82) is 0 Å². The SMILES string of the molecule is COc1ccc(C(=O)NCCc2ccc(C(F)(F)F)cc2)cc1OC. The molecule has 0 aliphatic heterocycles. The van der Waals surface area contributed by atoms with E-state index in [0.29, 0.717) is 35.6 Å². The van der Waals surface area contributed by atoms with Crippen LogP contribution in [-0.4, -0.2) is 26.7 Å². The van der Waals surface area contributed by atoms with Crippen molar-refractivity contribution < 1.29 is 27.4 Å². The summed E-state index contributed by atoms with van der Waals surface area (Å²) in [4.78, 5) is 12.1. The molecule has 0 atom stereocenters. The van der Waals surface area contributed by atoms with Crippen molar-refractivity contribution in [2.24, 2.45) is 0 Å². The number of nitrogens with one attached hydrogen (secondary N) is 1. The van der Waals surface area contributed by atoms with Crippen molar-refractivity contribution in [2.45, 2.75) is 12.6 Å². The average molecular weight is 353 g/mol. The Kier molecular flexibility index (Phi) is 5.90. The van der Waals surface area contributed by atoms with Gasteiger partial charge in [-0.3, -0.25) is 4.79 Å². The van der Waals surface area contributed by atoms with Gasteiger partial charge in [0.05, 0.1) is 19.8 Å². The van der Waals surface area contributed by atoms with Gasteiger partial charge in [0.1, 0.15) is 0 Å². The highest BCUT2D eigenvalue weighted by Crippen LogP contribution is 2.29. The third kappa shape index (κ3) is 4.89. The van der Waals surface area contributed by atoms with Crippen LogP contribution >= 0.6 is 0 Å². The molecule has 1 amide bonds. The van der Waals surface area contributed by atoms with E-state index in [1.54, 1.807) is 18.2 Å². The lowest BCUT2D eigenvalue weighted by atomic mass is 10.1. The van der Waals surface area contributed by atoms with E-state index in [1.807, 2.05) is 0 Å². The molecule has 1 N–H and O–H groups in total. The Morgan fingerprint density at radius 2 is 1.64 bits per heavy atom. The number of ether oxygens (including phenoxy) is 2. The Morgan fingerprint density at radius 1 is 1.00 bits per heavy atom. The van der Waals surface area contributed by atoms with Crippen molar-refractivity contribution >= 4 is 5.91 Å². The van der Waals surface area contributed by atoms with Gasteiger partial charge in [-0.1, -0.05) is 12.1 Å². The maximum absolute atomic E-state index is 12.5. The first kappa shape index (κ1) is 18.6. The van der Waals surface area contributed by atoms with E-state index in [-0.39, 0.29) is 5.91 Å². The fraction of sp³-hybridized carbons (Fsp3) is 0.278. The van der Waals surface area contributed by atoms with E-state index in [9.17, 15) is 18.0 Å². The molecule has 25 heavy (non-hydrogen) atoms. The van der Waals surface area contributed by atoms with E-state index in [2.05, 4.69) is 5.32 Å². The molecule has 0 aliphatic carbocycles. The summed E-state index contributed by atoms with van der Waals surface area (Å²) in [6.07, 6.45) is -3.92. The number of methoxy groups -OCH3 is 2. The normalized spacial score (nSPS) is 11.1. The van der Waals surface area contributed by atoms with Gasteiger partial charge >= 0.3 is 6.18 Å². The van der Waals surface area contributed by atoms with Crippen LogP contribution in [0.4, 0.5) is 13.2 Å². The van der Waals surface area contributed by atoms with Crippen LogP contribution in [0.1, 0.15) is 21.5 Å². The monoisotopic (exact) mass is 353 g/mol. The molecule has 0 saturated heterocycles. The number of benzene rings is 2. The van der Waals surface area contributed by atoms with Gasteiger partial charge in [0.25, 0.3) is 5.91 Å². The zero-order valence-corrected chi connectivity index (χ0v) is 13.8. The van der Waals surface area contributed by atoms with Crippen LogP contribution in [0.3, 0.4) is 0 Å². The summed E-state index contributed by atoms with van der Waals surface area (Å²) in [5.74, 6) is 0.662. The molecule has 0 aromatic heterocycles. The molecule has 2 aromatic rings. The van der Waals surface area contributed by atoms with E-state index in [4.69, 9.17) is 9.47 Å². The van der Waals surface area contributed by atoms with Crippen LogP contribution in [0, 0.1) is 0 Å². The maximum atomic E-state index is 12.5. The molecule has 0 fully saturated rings. The molecule has 0 saturated carbocycles. The van der Waals surface area contributed by atoms with Crippen LogP contribution in [0.15, 0.2) is 42.5 Å². The van der Waals surface area contributed by atoms with Crippen LogP contribution in [0.25, 0.3) is 0 Å². The number of halogens is 3. The maximum Gasteiger partial charge on any atom is 0.416 e. The third-order valence-electron chi connectivity index (χ3n) is 3.63. The van der Waals surface area contributed by atoms with Crippen molar-refractivity contribution in [3.63, 3.8) is 0 Å². The fourth-order valence-corrected chi connectivity index (χ4v) is 2.26. The number of carbonyl (C=O) groups excluding carboxylic acids is 1. The van der Waals surface area contributed by atoms with Gasteiger partial charge in [0, 0.05) is 12.1 Å². The number of rotatable bonds is 6. The first-order valence-electron chi connectivity index (χ1n) is 7.51. The van der Waals surface area contributed by atoms with Gasteiger partial charge in [-0.25, -0.2) is 0 Å². The summed E-state index contributed by atoms with van der Waals surface area (Å²) in [5, 5.41) is 2.72. The second-order valence-electron chi connectivity index (χ2n) is 5.27. The van der Waals surface area contributed by atoms with Gasteiger partial charge in [-0.2, -0.15) is 13.2 Å². The quantitative estimate of drug-likeness (QED) is 0.862. The topological polar surface area (TPSA) is 47.6 Å². The molecule has 0 aliphatic rings. The Balaban J connectivity index is 1.92. The lowest BCUT2D eigenvalue weighted by molar-refractivity contribution is -0.137. The minimum Gasteiger partial charge on any atom is -0.493 e. The van der Waals surface area contributed by atoms with E-state index in [1.165, 1.54) is 26.4 Å². The van der Waals surface area contributed by atoms with Crippen molar-refractivity contribution in [3.05, 3.63) is 59.2 Å². The Bertz CT molecular complexity index is 727. The highest BCUT2D eigenvalue weighted by Gasteiger charge is 2.29. The van der Waals surface area contributed by atoms with Crippen molar-refractivity contribution in [3.8, 4) is 11.5 Å². The second-order valence-corrected chi connectivity index (χ2v) is 5.27. The standard InChI is InChI=1S/C18H18F3NO3/c1-24-15-8-5-13(11-16(15)25-2)17(23)22-10-9-12-3-6-14(7-4-12)18(19,20)21/h3-8,11H,9-10H2,1-2H3,(H,22,23). The van der Waals surface area contributed by atoms with Gasteiger partial charge in [-0.15, -0.1) is 0 Å². The summed E-state index contributed by atoms with van der Waals surface area (Å²) < 4.78 is 47.8. The summed E-state index contributed by atoms with van der Waals surface area (Å²) in [6, 6.07) is 9.68. The molecular formula is C18H18F3NO3. The summed E-state index contributed by atoms with van der Waals surface area (Å²) in [6.45, 7) is 0.304. The lowest BCUT2D eigenvalue weighted by Gasteiger charge is -2.10. The molecule has 0 bridgehead atoms. The smallest absolute Gasteiger partial charge is 0.416 e. The van der Waals surface area contributed by atoms with E-state index in [0.717, 1.165) is 12.1 Å². The average Bonchev–Trinajstić information content (AvgIpc) is 2.60. The zero-order chi connectivity index (χ0) is 18.4. The van der Waals surface area contributed by atoms with E-state index >= 15 is 0 Å². The van der Waals surface area contributed by atoms with Crippen LogP contribution in [-0.2, 0) is 12.6 Å². The minimum absolute atomic E-state index is 0.298. The number of carbonyl (C=O) groups is 1. The highest BCUT2D eigenvalue weighted by molar-refractivity contribution is 5.94. The van der Waals surface area contributed by atoms with Gasteiger partial charge in [-0.05, 0) is 42.3 Å². The molecule has 134 valence electrons. The molecule has 0 radical (unpaired) electrons. The highest BCUT2D eigenvalue weighted by atomic mass is 19.4. The fourth-order valence-electron chi connectivity index (χ4n) is 2.26. The molecule has 0 unspecified atom stereocenters. The van der Waals surface area contributed by atoms with Gasteiger partial charge in [0.15, 0.2) is 11.5 Å². The third-order valence-corrected chi connectivity index (χ3v) is 3.63. The molecule has 7 heteroatoms. The minimum atomic E-state index is -4.35. The molecule has 0 heterocycles. The Hall–Kier alpha value is -2.70. The summed E-state index contributed by atoms with van der Waals surface area (Å²) in [5.41, 5.74) is 0.427. The van der Waals surface area contributed by atoms with Gasteiger partial charge < -0.3 is 14.8 Å². The predicted octanol–water partition coefficient (Wildman–Crippen LogP) is 3.70. The second kappa shape index (κ2) is 7.92. The van der Waals surface area contributed by atoms with Gasteiger partial charge in [0.2, 0.25) is 0 Å². The molecule has 2 rings (SSSR count). The van der Waals surface area contributed by atoms with Crippen molar-refractivity contribution in [1.82, 2.24) is 5.32 Å².